The molecule has 0 aliphatic carbocycles. The first-order chi connectivity index (χ1) is 14.1. The predicted octanol–water partition coefficient (Wildman–Crippen LogP) is 1.62. The van der Waals surface area contributed by atoms with Gasteiger partial charge in [-0.15, -0.1) is 0 Å². The number of rotatable bonds is 6. The first-order valence-corrected chi connectivity index (χ1v) is 9.07. The molecule has 4 rings (SSSR count). The van der Waals surface area contributed by atoms with E-state index >= 15 is 0 Å². The molecule has 3 N–H and O–H groups in total. The molecule has 0 saturated carbocycles. The summed E-state index contributed by atoms with van der Waals surface area (Å²) in [5.74, 6) is 0.320. The van der Waals surface area contributed by atoms with Gasteiger partial charge in [0.05, 0.1) is 18.5 Å². The minimum Gasteiger partial charge on any atom is -0.454 e. The van der Waals surface area contributed by atoms with E-state index in [0.717, 1.165) is 10.9 Å². The summed E-state index contributed by atoms with van der Waals surface area (Å²) < 4.78 is 10.5. The number of anilines is 1. The van der Waals surface area contributed by atoms with Gasteiger partial charge in [0.25, 0.3) is 0 Å². The highest BCUT2D eigenvalue weighted by atomic mass is 16.7. The topological polar surface area (TPSA) is 110 Å². The van der Waals surface area contributed by atoms with Gasteiger partial charge in [-0.25, -0.2) is 0 Å². The van der Waals surface area contributed by atoms with Gasteiger partial charge in [-0.2, -0.15) is 0 Å². The van der Waals surface area contributed by atoms with Crippen molar-refractivity contribution in [2.75, 3.05) is 18.7 Å². The second-order valence-corrected chi connectivity index (χ2v) is 6.57. The van der Waals surface area contributed by atoms with Gasteiger partial charge in [-0.05, 0) is 42.0 Å². The van der Waals surface area contributed by atoms with E-state index in [1.165, 1.54) is 0 Å². The van der Waals surface area contributed by atoms with E-state index in [1.807, 2.05) is 6.07 Å². The van der Waals surface area contributed by atoms with E-state index in [-0.39, 0.29) is 19.1 Å². The molecule has 29 heavy (non-hydrogen) atoms. The van der Waals surface area contributed by atoms with E-state index in [4.69, 9.17) is 9.47 Å². The van der Waals surface area contributed by atoms with Crippen LogP contribution in [0.2, 0.25) is 0 Å². The molecule has 8 nitrogen and oxygen atoms in total. The molecule has 1 aliphatic heterocycles. The molecule has 1 aromatic heterocycles. The third-order valence-corrected chi connectivity index (χ3v) is 4.51. The summed E-state index contributed by atoms with van der Waals surface area (Å²) in [5.41, 5.74) is 2.08. The maximum Gasteiger partial charge on any atom is 0.249 e. The molecule has 0 fully saturated rings. The second-order valence-electron chi connectivity index (χ2n) is 6.57. The molecule has 2 amide bonds. The number of carbonyl (C=O) groups excluding carboxylic acids is 2. The van der Waals surface area contributed by atoms with Gasteiger partial charge in [0.15, 0.2) is 11.5 Å². The Morgan fingerprint density at radius 1 is 1.10 bits per heavy atom. The van der Waals surface area contributed by atoms with Crippen LogP contribution in [0.5, 0.6) is 11.5 Å². The third kappa shape index (κ3) is 4.27. The number of aliphatic hydroxyl groups is 1. The molecular weight excluding hydrogens is 374 g/mol. The van der Waals surface area contributed by atoms with E-state index in [2.05, 4.69) is 15.6 Å². The molecule has 1 atom stereocenters. The molecule has 0 spiro atoms. The average Bonchev–Trinajstić information content (AvgIpc) is 3.19. The van der Waals surface area contributed by atoms with Crippen molar-refractivity contribution >= 4 is 28.4 Å². The van der Waals surface area contributed by atoms with Crippen molar-refractivity contribution in [2.24, 2.45) is 0 Å². The number of hydrogen-bond donors (Lipinski definition) is 3. The Bertz CT molecular complexity index is 1070. The van der Waals surface area contributed by atoms with E-state index < -0.39 is 18.6 Å². The summed E-state index contributed by atoms with van der Waals surface area (Å²) in [6.07, 6.45) is 1.74. The lowest BCUT2D eigenvalue weighted by atomic mass is 10.1. The van der Waals surface area contributed by atoms with E-state index in [1.54, 1.807) is 48.7 Å². The Labute approximate surface area is 166 Å². The van der Waals surface area contributed by atoms with E-state index in [9.17, 15) is 14.7 Å². The lowest BCUT2D eigenvalue weighted by Gasteiger charge is -2.16. The fourth-order valence-electron chi connectivity index (χ4n) is 3.06. The highest BCUT2D eigenvalue weighted by molar-refractivity contribution is 5.98. The average molecular weight is 393 g/mol. The smallest absolute Gasteiger partial charge is 0.249 e. The molecule has 3 aromatic rings. The van der Waals surface area contributed by atoms with Gasteiger partial charge >= 0.3 is 0 Å². The van der Waals surface area contributed by atoms with Crippen LogP contribution in [0.15, 0.2) is 54.7 Å². The van der Waals surface area contributed by atoms with Gasteiger partial charge in [-0.1, -0.05) is 12.1 Å². The zero-order chi connectivity index (χ0) is 20.2. The molecule has 148 valence electrons. The zero-order valence-corrected chi connectivity index (χ0v) is 15.4. The quantitative estimate of drug-likeness (QED) is 0.587. The zero-order valence-electron chi connectivity index (χ0n) is 15.4. The van der Waals surface area contributed by atoms with Gasteiger partial charge in [-0.3, -0.25) is 14.6 Å². The number of nitrogens with one attached hydrogen (secondary N) is 2. The number of fused-ring (bicyclic) bond motifs is 2. The molecule has 0 bridgehead atoms. The lowest BCUT2D eigenvalue weighted by molar-refractivity contribution is -0.126. The van der Waals surface area contributed by atoms with Crippen LogP contribution in [0, 0.1) is 0 Å². The highest BCUT2D eigenvalue weighted by Crippen LogP contribution is 2.32. The number of pyridine rings is 1. The Kier molecular flexibility index (Phi) is 5.26. The molecule has 0 unspecified atom stereocenters. The Balaban J connectivity index is 1.38. The SMILES string of the molecule is O=C(Cc1ccc2c(c1)OCO2)N[C@@H](CO)C(=O)Nc1ccc2ncccc2c1. The third-order valence-electron chi connectivity index (χ3n) is 4.51. The van der Waals surface area contributed by atoms with Gasteiger partial charge < -0.3 is 25.2 Å². The fraction of sp³-hybridized carbons (Fsp3) is 0.190. The number of nitrogens with zero attached hydrogens (tertiary/aromatic N) is 1. The molecule has 1 aliphatic rings. The van der Waals surface area contributed by atoms with E-state index in [0.29, 0.717) is 22.7 Å². The number of aliphatic hydroxyl groups excluding tert-OH is 1. The molecular formula is C21H19N3O5. The van der Waals surface area contributed by atoms with Gasteiger partial charge in [0.1, 0.15) is 6.04 Å². The standard InChI is InChI=1S/C21H19N3O5/c25-11-17(21(27)23-15-4-5-16-14(10-15)2-1-7-22-16)24-20(26)9-13-3-6-18-19(8-13)29-12-28-18/h1-8,10,17,25H,9,11-12H2,(H,23,27)(H,24,26)/t17-/m0/s1. The van der Waals surface area contributed by atoms with Crippen molar-refractivity contribution in [2.45, 2.75) is 12.5 Å². The predicted molar refractivity (Wildman–Crippen MR) is 106 cm³/mol. The fourth-order valence-corrected chi connectivity index (χ4v) is 3.06. The summed E-state index contributed by atoms with van der Waals surface area (Å²) in [6, 6.07) is 13.1. The van der Waals surface area contributed by atoms with Gasteiger partial charge in [0, 0.05) is 17.3 Å². The van der Waals surface area contributed by atoms with Crippen molar-refractivity contribution in [1.82, 2.24) is 10.3 Å². The number of benzene rings is 2. The van der Waals surface area contributed by atoms with Gasteiger partial charge in [0.2, 0.25) is 18.6 Å². The Morgan fingerprint density at radius 3 is 2.83 bits per heavy atom. The molecule has 8 heteroatoms. The van der Waals surface area contributed by atoms with Crippen molar-refractivity contribution in [3.05, 3.63) is 60.3 Å². The summed E-state index contributed by atoms with van der Waals surface area (Å²) in [5, 5.41) is 15.7. The van der Waals surface area contributed by atoms with Crippen LogP contribution in [0.3, 0.4) is 0 Å². The van der Waals surface area contributed by atoms with Crippen LogP contribution in [0.1, 0.15) is 5.56 Å². The Hall–Kier alpha value is -3.65. The van der Waals surface area contributed by atoms with Crippen LogP contribution in [-0.4, -0.2) is 41.3 Å². The Morgan fingerprint density at radius 2 is 1.97 bits per heavy atom. The van der Waals surface area contributed by atoms with Crippen LogP contribution < -0.4 is 20.1 Å². The molecule has 0 radical (unpaired) electrons. The summed E-state index contributed by atoms with van der Waals surface area (Å²) in [4.78, 5) is 29.0. The summed E-state index contributed by atoms with van der Waals surface area (Å²) in [7, 11) is 0. The second kappa shape index (κ2) is 8.15. The van der Waals surface area contributed by atoms with Crippen molar-refractivity contribution in [3.8, 4) is 11.5 Å². The summed E-state index contributed by atoms with van der Waals surface area (Å²) in [6.45, 7) is -0.365. The van der Waals surface area contributed by atoms with Crippen molar-refractivity contribution < 1.29 is 24.2 Å². The van der Waals surface area contributed by atoms with Crippen molar-refractivity contribution in [3.63, 3.8) is 0 Å². The van der Waals surface area contributed by atoms with Crippen LogP contribution >= 0.6 is 0 Å². The molecule has 0 saturated heterocycles. The first-order valence-electron chi connectivity index (χ1n) is 9.07. The van der Waals surface area contributed by atoms with Crippen LogP contribution in [0.4, 0.5) is 5.69 Å². The molecule has 2 aromatic carbocycles. The van der Waals surface area contributed by atoms with Crippen molar-refractivity contribution in [1.29, 1.82) is 0 Å². The maximum absolute atomic E-state index is 12.5. The number of hydrogen-bond acceptors (Lipinski definition) is 6. The molecule has 2 heterocycles. The number of amides is 2. The minimum atomic E-state index is -1.07. The monoisotopic (exact) mass is 393 g/mol. The van der Waals surface area contributed by atoms with Crippen LogP contribution in [0.25, 0.3) is 10.9 Å². The number of ether oxygens (including phenoxy) is 2. The van der Waals surface area contributed by atoms with Crippen LogP contribution in [-0.2, 0) is 16.0 Å². The number of carbonyl (C=O) groups is 2. The highest BCUT2D eigenvalue weighted by Gasteiger charge is 2.21. The minimum absolute atomic E-state index is 0.0437. The number of aromatic nitrogens is 1. The largest absolute Gasteiger partial charge is 0.454 e. The maximum atomic E-state index is 12.5. The normalized spacial score (nSPS) is 13.1. The lowest BCUT2D eigenvalue weighted by Crippen LogP contribution is -2.46. The first kappa shape index (κ1) is 18.7. The summed E-state index contributed by atoms with van der Waals surface area (Å²) >= 11 is 0.